The van der Waals surface area contributed by atoms with E-state index in [1.165, 1.54) is 12.1 Å². The quantitative estimate of drug-likeness (QED) is 0.460. The van der Waals surface area contributed by atoms with Crippen LogP contribution in [0, 0.1) is 18.6 Å². The van der Waals surface area contributed by atoms with Crippen LogP contribution < -0.4 is 4.74 Å². The maximum Gasteiger partial charge on any atom is 0.191 e. The second-order valence-electron chi connectivity index (χ2n) is 6.48. The first-order valence-electron chi connectivity index (χ1n) is 9.01. The number of hydrogen-bond acceptors (Lipinski definition) is 1. The maximum atomic E-state index is 14.4. The molecule has 0 heterocycles. The van der Waals surface area contributed by atoms with Crippen molar-refractivity contribution in [2.24, 2.45) is 0 Å². The first kappa shape index (κ1) is 18.8. The predicted octanol–water partition coefficient (Wildman–Crippen LogP) is 6.94. The molecule has 1 nitrogen and oxygen atoms in total. The van der Waals surface area contributed by atoms with Gasteiger partial charge >= 0.3 is 0 Å². The van der Waals surface area contributed by atoms with Crippen LogP contribution in [0.5, 0.6) is 5.75 Å². The molecular weight excluding hydrogens is 342 g/mol. The Kier molecular flexibility index (Phi) is 6.02. The number of aryl methyl sites for hydroxylation is 1. The smallest absolute Gasteiger partial charge is 0.191 e. The van der Waals surface area contributed by atoms with Crippen molar-refractivity contribution in [3.8, 4) is 16.9 Å². The minimum absolute atomic E-state index is 0.117. The Morgan fingerprint density at radius 1 is 0.852 bits per heavy atom. The minimum Gasteiger partial charge on any atom is -0.483 e. The van der Waals surface area contributed by atoms with Gasteiger partial charge < -0.3 is 4.74 Å². The van der Waals surface area contributed by atoms with Crippen molar-refractivity contribution in [3.05, 3.63) is 95.1 Å². The fraction of sp³-hybridized carbons (Fsp3) is 0.167. The number of allylic oxidation sites excluding steroid dienone is 1. The Labute approximate surface area is 158 Å². The molecule has 3 aromatic carbocycles. The number of ether oxygens (including phenoxy) is 1. The van der Waals surface area contributed by atoms with E-state index in [-0.39, 0.29) is 12.4 Å². The second-order valence-corrected chi connectivity index (χ2v) is 6.48. The van der Waals surface area contributed by atoms with Crippen molar-refractivity contribution in [2.75, 3.05) is 0 Å². The molecule has 0 bridgehead atoms. The molecule has 0 atom stereocenters. The normalized spacial score (nSPS) is 11.1. The number of benzene rings is 3. The molecule has 0 saturated heterocycles. The van der Waals surface area contributed by atoms with Crippen LogP contribution in [0.3, 0.4) is 0 Å². The molecule has 0 aliphatic carbocycles. The van der Waals surface area contributed by atoms with E-state index < -0.39 is 11.6 Å². The summed E-state index contributed by atoms with van der Waals surface area (Å²) in [5, 5.41) is 0. The van der Waals surface area contributed by atoms with Crippen LogP contribution in [-0.2, 0) is 6.61 Å². The van der Waals surface area contributed by atoms with Gasteiger partial charge in [0, 0.05) is 0 Å². The molecule has 3 heteroatoms. The summed E-state index contributed by atoms with van der Waals surface area (Å²) in [5.74, 6) is -1.75. The molecule has 3 aromatic rings. The van der Waals surface area contributed by atoms with E-state index in [2.05, 4.69) is 13.0 Å². The van der Waals surface area contributed by atoms with Gasteiger partial charge in [0.25, 0.3) is 0 Å². The fourth-order valence-electron chi connectivity index (χ4n) is 2.74. The molecule has 0 spiro atoms. The number of halogens is 2. The molecule has 0 aliphatic rings. The van der Waals surface area contributed by atoms with Crippen LogP contribution in [0.2, 0.25) is 0 Å². The van der Waals surface area contributed by atoms with Gasteiger partial charge in [-0.25, -0.2) is 8.78 Å². The molecule has 3 rings (SSSR count). The lowest BCUT2D eigenvalue weighted by atomic mass is 10.0. The van der Waals surface area contributed by atoms with Crippen molar-refractivity contribution in [1.29, 1.82) is 0 Å². The van der Waals surface area contributed by atoms with Crippen molar-refractivity contribution in [2.45, 2.75) is 26.9 Å². The van der Waals surface area contributed by atoms with Crippen LogP contribution in [0.4, 0.5) is 8.78 Å². The number of hydrogen-bond donors (Lipinski definition) is 0. The van der Waals surface area contributed by atoms with Gasteiger partial charge in [-0.15, -0.1) is 0 Å². The molecule has 0 unspecified atom stereocenters. The Balaban J connectivity index is 1.77. The Hall–Kier alpha value is -2.94. The molecule has 0 saturated carbocycles. The van der Waals surface area contributed by atoms with E-state index >= 15 is 0 Å². The summed E-state index contributed by atoms with van der Waals surface area (Å²) in [4.78, 5) is 0. The predicted molar refractivity (Wildman–Crippen MR) is 107 cm³/mol. The molecule has 0 N–H and O–H groups in total. The maximum absolute atomic E-state index is 14.4. The van der Waals surface area contributed by atoms with Gasteiger partial charge in [-0.05, 0) is 47.7 Å². The monoisotopic (exact) mass is 364 g/mol. The first-order valence-corrected chi connectivity index (χ1v) is 9.01. The minimum atomic E-state index is -0.702. The van der Waals surface area contributed by atoms with E-state index in [4.69, 9.17) is 4.74 Å². The summed E-state index contributed by atoms with van der Waals surface area (Å²) < 4.78 is 34.3. The highest BCUT2D eigenvalue weighted by molar-refractivity contribution is 5.66. The standard InChI is InChI=1S/C24H22F2O/c1-3-4-5-18-10-12-20(13-11-18)21-14-22(25)24(23(26)15-21)27-16-19-8-6-17(2)7-9-19/h4-15H,3,16H2,1-2H3/b5-4+. The van der Waals surface area contributed by atoms with Crippen LogP contribution >= 0.6 is 0 Å². The van der Waals surface area contributed by atoms with E-state index in [9.17, 15) is 8.78 Å². The third-order valence-corrected chi connectivity index (χ3v) is 4.29. The second kappa shape index (κ2) is 8.63. The third kappa shape index (κ3) is 4.82. The first-order chi connectivity index (χ1) is 13.1. The molecular formula is C24H22F2O. The zero-order valence-electron chi connectivity index (χ0n) is 15.5. The summed E-state index contributed by atoms with van der Waals surface area (Å²) in [6.45, 7) is 4.17. The molecule has 0 aliphatic heterocycles. The van der Waals surface area contributed by atoms with Gasteiger partial charge in [-0.1, -0.05) is 73.2 Å². The van der Waals surface area contributed by atoms with E-state index in [0.717, 1.165) is 28.7 Å². The lowest BCUT2D eigenvalue weighted by molar-refractivity contribution is 0.274. The van der Waals surface area contributed by atoms with Crippen LogP contribution in [0.15, 0.2) is 66.7 Å². The van der Waals surface area contributed by atoms with Crippen molar-refractivity contribution in [1.82, 2.24) is 0 Å². The van der Waals surface area contributed by atoms with Gasteiger partial charge in [0.05, 0.1) is 0 Å². The lowest BCUT2D eigenvalue weighted by Gasteiger charge is -2.11. The van der Waals surface area contributed by atoms with E-state index in [1.54, 1.807) is 0 Å². The topological polar surface area (TPSA) is 9.23 Å². The summed E-state index contributed by atoms with van der Waals surface area (Å²) >= 11 is 0. The van der Waals surface area contributed by atoms with Gasteiger partial charge in [-0.3, -0.25) is 0 Å². The molecule has 0 radical (unpaired) electrons. The van der Waals surface area contributed by atoms with Crippen molar-refractivity contribution < 1.29 is 13.5 Å². The van der Waals surface area contributed by atoms with Crippen molar-refractivity contribution in [3.63, 3.8) is 0 Å². The lowest BCUT2D eigenvalue weighted by Crippen LogP contribution is -2.00. The zero-order chi connectivity index (χ0) is 19.2. The van der Waals surface area contributed by atoms with E-state index in [1.807, 2.05) is 61.5 Å². The van der Waals surface area contributed by atoms with Gasteiger partial charge in [0.15, 0.2) is 17.4 Å². The van der Waals surface area contributed by atoms with Gasteiger partial charge in [0.2, 0.25) is 0 Å². The van der Waals surface area contributed by atoms with Gasteiger partial charge in [0.1, 0.15) is 6.61 Å². The SMILES string of the molecule is CC/C=C/c1ccc(-c2cc(F)c(OCc3ccc(C)cc3)c(F)c2)cc1. The Bertz CT molecular complexity index is 903. The van der Waals surface area contributed by atoms with Crippen molar-refractivity contribution >= 4 is 6.08 Å². The van der Waals surface area contributed by atoms with E-state index in [0.29, 0.717) is 5.56 Å². The summed E-state index contributed by atoms with van der Waals surface area (Å²) in [7, 11) is 0. The average Bonchev–Trinajstić information content (AvgIpc) is 2.67. The molecule has 0 fully saturated rings. The van der Waals surface area contributed by atoms with Gasteiger partial charge in [-0.2, -0.15) is 0 Å². The Morgan fingerprint density at radius 2 is 1.48 bits per heavy atom. The molecule has 0 aromatic heterocycles. The Morgan fingerprint density at radius 3 is 2.07 bits per heavy atom. The molecule has 27 heavy (non-hydrogen) atoms. The highest BCUT2D eigenvalue weighted by atomic mass is 19.1. The average molecular weight is 364 g/mol. The molecule has 138 valence electrons. The number of rotatable bonds is 6. The largest absolute Gasteiger partial charge is 0.483 e. The van der Waals surface area contributed by atoms with Crippen LogP contribution in [0.25, 0.3) is 17.2 Å². The highest BCUT2D eigenvalue weighted by Crippen LogP contribution is 2.30. The van der Waals surface area contributed by atoms with Crippen LogP contribution in [-0.4, -0.2) is 0 Å². The summed E-state index contributed by atoms with van der Waals surface area (Å²) in [6.07, 6.45) is 5.05. The molecule has 0 amide bonds. The third-order valence-electron chi connectivity index (χ3n) is 4.29. The summed E-state index contributed by atoms with van der Waals surface area (Å²) in [5.41, 5.74) is 4.28. The summed E-state index contributed by atoms with van der Waals surface area (Å²) in [6, 6.07) is 17.8. The fourth-order valence-corrected chi connectivity index (χ4v) is 2.74. The zero-order valence-corrected chi connectivity index (χ0v) is 15.5. The highest BCUT2D eigenvalue weighted by Gasteiger charge is 2.14. The van der Waals surface area contributed by atoms with Crippen LogP contribution in [0.1, 0.15) is 30.0 Å².